The number of furan rings is 2. The first-order chi connectivity index (χ1) is 15.5. The van der Waals surface area contributed by atoms with E-state index < -0.39 is 0 Å². The van der Waals surface area contributed by atoms with Crippen molar-refractivity contribution in [3.63, 3.8) is 0 Å². The predicted octanol–water partition coefficient (Wildman–Crippen LogP) is 5.41. The number of nitrogens with zero attached hydrogens (tertiary/aromatic N) is 2. The summed E-state index contributed by atoms with van der Waals surface area (Å²) in [6, 6.07) is 11.8. The third kappa shape index (κ3) is 5.40. The van der Waals surface area contributed by atoms with Gasteiger partial charge in [-0.25, -0.2) is 4.98 Å². The molecule has 0 unspecified atom stereocenters. The van der Waals surface area contributed by atoms with Crippen molar-refractivity contribution in [3.8, 4) is 0 Å². The summed E-state index contributed by atoms with van der Waals surface area (Å²) in [5, 5.41) is 5.69. The molecule has 0 aliphatic heterocycles. The molecular weight excluding hydrogens is 473 g/mol. The van der Waals surface area contributed by atoms with Crippen LogP contribution in [0.5, 0.6) is 0 Å². The van der Waals surface area contributed by atoms with Crippen LogP contribution in [-0.4, -0.2) is 21.7 Å². The van der Waals surface area contributed by atoms with Crippen LogP contribution in [0.2, 0.25) is 10.0 Å². The Labute approximate surface area is 197 Å². The maximum Gasteiger partial charge on any atom is 0.271 e. The van der Waals surface area contributed by atoms with Crippen LogP contribution in [0.15, 0.2) is 69.2 Å². The van der Waals surface area contributed by atoms with E-state index in [9.17, 15) is 9.59 Å². The molecule has 1 N–H and O–H groups in total. The molecule has 0 spiro atoms. The van der Waals surface area contributed by atoms with Crippen LogP contribution in [0.4, 0.5) is 0 Å². The number of benzene rings is 1. The van der Waals surface area contributed by atoms with Gasteiger partial charge in [0, 0.05) is 10.4 Å². The molecule has 4 aromatic rings. The third-order valence-electron chi connectivity index (χ3n) is 4.49. The summed E-state index contributed by atoms with van der Waals surface area (Å²) in [4.78, 5) is 31.6. The number of halogens is 2. The van der Waals surface area contributed by atoms with Crippen molar-refractivity contribution in [2.75, 3.05) is 0 Å². The van der Waals surface area contributed by atoms with E-state index in [2.05, 4.69) is 10.3 Å². The zero-order valence-corrected chi connectivity index (χ0v) is 18.9. The van der Waals surface area contributed by atoms with Gasteiger partial charge in [-0.15, -0.1) is 11.3 Å². The van der Waals surface area contributed by atoms with Gasteiger partial charge in [-0.2, -0.15) is 0 Å². The maximum absolute atomic E-state index is 13.2. The topological polar surface area (TPSA) is 88.6 Å². The summed E-state index contributed by atoms with van der Waals surface area (Å²) in [6.45, 7) is 0.649. The number of carbonyl (C=O) groups is 2. The molecule has 0 saturated heterocycles. The summed E-state index contributed by atoms with van der Waals surface area (Å²) in [7, 11) is 0. The molecule has 1 aromatic carbocycles. The zero-order valence-electron chi connectivity index (χ0n) is 16.6. The standard InChI is InChI=1S/C22H17Cl2N3O4S/c23-14-5-6-17(18(24)9-14)22(29)27(11-16-4-2-8-31-16)12-20-26-19(13-32-20)21(28)25-10-15-3-1-7-30-15/h1-9,13H,10-12H2,(H,25,28). The van der Waals surface area contributed by atoms with E-state index in [-0.39, 0.29) is 42.2 Å². The molecule has 7 nitrogen and oxygen atoms in total. The molecule has 0 aliphatic rings. The zero-order chi connectivity index (χ0) is 22.5. The fourth-order valence-corrected chi connectivity index (χ4v) is 4.22. The Morgan fingerprint density at radius 3 is 2.47 bits per heavy atom. The molecule has 0 fully saturated rings. The van der Waals surface area contributed by atoms with Crippen molar-refractivity contribution >= 4 is 46.4 Å². The molecule has 0 saturated carbocycles. The normalized spacial score (nSPS) is 10.8. The van der Waals surface area contributed by atoms with Gasteiger partial charge in [-0.05, 0) is 42.5 Å². The minimum absolute atomic E-state index is 0.175. The lowest BCUT2D eigenvalue weighted by Crippen LogP contribution is -2.30. The molecule has 3 aromatic heterocycles. The van der Waals surface area contributed by atoms with E-state index in [0.717, 1.165) is 0 Å². The Hall–Kier alpha value is -3.07. The number of carbonyl (C=O) groups excluding carboxylic acids is 2. The van der Waals surface area contributed by atoms with Gasteiger partial charge < -0.3 is 19.1 Å². The highest BCUT2D eigenvalue weighted by Crippen LogP contribution is 2.24. The Bertz CT molecular complexity index is 1210. The lowest BCUT2D eigenvalue weighted by atomic mass is 10.2. The van der Waals surface area contributed by atoms with Crippen molar-refractivity contribution in [2.24, 2.45) is 0 Å². The number of rotatable bonds is 8. The summed E-state index contributed by atoms with van der Waals surface area (Å²) in [5.74, 6) is 0.621. The van der Waals surface area contributed by atoms with Crippen LogP contribution < -0.4 is 5.32 Å². The van der Waals surface area contributed by atoms with Gasteiger partial charge >= 0.3 is 0 Å². The van der Waals surface area contributed by atoms with Gasteiger partial charge in [-0.1, -0.05) is 23.2 Å². The van der Waals surface area contributed by atoms with Crippen LogP contribution >= 0.6 is 34.5 Å². The molecule has 0 bridgehead atoms. The molecular formula is C22H17Cl2N3O4S. The van der Waals surface area contributed by atoms with Crippen LogP contribution in [-0.2, 0) is 19.6 Å². The molecule has 164 valence electrons. The van der Waals surface area contributed by atoms with Crippen molar-refractivity contribution in [3.05, 3.63) is 98.2 Å². The summed E-state index contributed by atoms with van der Waals surface area (Å²) >= 11 is 13.5. The minimum Gasteiger partial charge on any atom is -0.467 e. The number of hydrogen-bond acceptors (Lipinski definition) is 6. The average Bonchev–Trinajstić information content (AvgIpc) is 3.54. The van der Waals surface area contributed by atoms with E-state index in [1.54, 1.807) is 52.9 Å². The first kappa shape index (κ1) is 22.1. The van der Waals surface area contributed by atoms with E-state index >= 15 is 0 Å². The van der Waals surface area contributed by atoms with Gasteiger partial charge in [0.15, 0.2) is 0 Å². The van der Waals surface area contributed by atoms with Crippen LogP contribution in [0.1, 0.15) is 37.4 Å². The number of amides is 2. The Morgan fingerprint density at radius 1 is 1.03 bits per heavy atom. The minimum atomic E-state index is -0.325. The summed E-state index contributed by atoms with van der Waals surface area (Å²) in [5.41, 5.74) is 0.585. The lowest BCUT2D eigenvalue weighted by Gasteiger charge is -2.21. The molecule has 0 aliphatic carbocycles. The highest BCUT2D eigenvalue weighted by atomic mass is 35.5. The average molecular weight is 490 g/mol. The first-order valence-corrected chi connectivity index (χ1v) is 11.1. The van der Waals surface area contributed by atoms with Crippen molar-refractivity contribution < 1.29 is 18.4 Å². The van der Waals surface area contributed by atoms with Crippen molar-refractivity contribution in [1.29, 1.82) is 0 Å². The van der Waals surface area contributed by atoms with Crippen LogP contribution in [0.3, 0.4) is 0 Å². The maximum atomic E-state index is 13.2. The van der Waals surface area contributed by atoms with Crippen molar-refractivity contribution in [1.82, 2.24) is 15.2 Å². The van der Waals surface area contributed by atoms with Gasteiger partial charge in [-0.3, -0.25) is 9.59 Å². The summed E-state index contributed by atoms with van der Waals surface area (Å²) < 4.78 is 10.6. The second kappa shape index (κ2) is 10.0. The number of hydrogen-bond donors (Lipinski definition) is 1. The van der Waals surface area contributed by atoms with E-state index in [1.807, 2.05) is 0 Å². The monoisotopic (exact) mass is 489 g/mol. The second-order valence-corrected chi connectivity index (χ2v) is 8.54. The smallest absolute Gasteiger partial charge is 0.271 e. The number of aromatic nitrogens is 1. The van der Waals surface area contributed by atoms with Gasteiger partial charge in [0.1, 0.15) is 22.2 Å². The summed E-state index contributed by atoms with van der Waals surface area (Å²) in [6.07, 6.45) is 3.08. The largest absolute Gasteiger partial charge is 0.467 e. The van der Waals surface area contributed by atoms with Gasteiger partial charge in [0.05, 0.1) is 42.7 Å². The van der Waals surface area contributed by atoms with Crippen LogP contribution in [0, 0.1) is 0 Å². The van der Waals surface area contributed by atoms with Gasteiger partial charge in [0.25, 0.3) is 11.8 Å². The molecule has 3 heterocycles. The molecule has 32 heavy (non-hydrogen) atoms. The van der Waals surface area contributed by atoms with Gasteiger partial charge in [0.2, 0.25) is 0 Å². The van der Waals surface area contributed by atoms with Crippen molar-refractivity contribution in [2.45, 2.75) is 19.6 Å². The second-order valence-electron chi connectivity index (χ2n) is 6.75. The van der Waals surface area contributed by atoms with E-state index in [4.69, 9.17) is 32.0 Å². The molecule has 4 rings (SSSR count). The third-order valence-corrected chi connectivity index (χ3v) is 5.87. The van der Waals surface area contributed by atoms with E-state index in [1.165, 1.54) is 23.7 Å². The first-order valence-electron chi connectivity index (χ1n) is 9.51. The predicted molar refractivity (Wildman–Crippen MR) is 121 cm³/mol. The molecule has 10 heteroatoms. The lowest BCUT2D eigenvalue weighted by molar-refractivity contribution is 0.0717. The fourth-order valence-electron chi connectivity index (χ4n) is 2.95. The number of nitrogens with one attached hydrogen (secondary N) is 1. The number of thiazole rings is 1. The quantitative estimate of drug-likeness (QED) is 0.357. The molecule has 0 radical (unpaired) electrons. The Balaban J connectivity index is 1.49. The fraction of sp³-hybridized carbons (Fsp3) is 0.136. The van der Waals surface area contributed by atoms with E-state index in [0.29, 0.717) is 27.1 Å². The Morgan fingerprint density at radius 2 is 1.78 bits per heavy atom. The highest BCUT2D eigenvalue weighted by molar-refractivity contribution is 7.09. The van der Waals surface area contributed by atoms with Crippen LogP contribution in [0.25, 0.3) is 0 Å². The molecule has 2 amide bonds. The SMILES string of the molecule is O=C(NCc1ccco1)c1csc(CN(Cc2ccco2)C(=O)c2ccc(Cl)cc2Cl)n1. The molecule has 0 atom stereocenters. The highest BCUT2D eigenvalue weighted by Gasteiger charge is 2.22. The Kier molecular flexibility index (Phi) is 6.94.